The average Bonchev–Trinajstić information content (AvgIpc) is 3.18. The number of sulfonamides is 1. The van der Waals surface area contributed by atoms with Crippen LogP contribution in [0, 0.1) is 0 Å². The van der Waals surface area contributed by atoms with Crippen molar-refractivity contribution in [2.75, 3.05) is 36.1 Å². The Morgan fingerprint density at radius 3 is 2.56 bits per heavy atom. The zero-order chi connectivity index (χ0) is 23.1. The fraction of sp³-hybridized carbons (Fsp3) is 0.250. The Morgan fingerprint density at radius 1 is 1.16 bits per heavy atom. The van der Waals surface area contributed by atoms with Crippen LogP contribution < -0.4 is 20.5 Å². The lowest BCUT2D eigenvalue weighted by Gasteiger charge is -2.09. The number of rotatable bonds is 11. The number of nitrogens with zero attached hydrogens (tertiary/aromatic N) is 2. The summed E-state index contributed by atoms with van der Waals surface area (Å²) in [5, 5.41) is 10.0. The van der Waals surface area contributed by atoms with Gasteiger partial charge in [-0.2, -0.15) is 5.10 Å². The molecule has 2 heterocycles. The molecule has 0 fully saturated rings. The molecular weight excluding hydrogens is 436 g/mol. The van der Waals surface area contributed by atoms with Gasteiger partial charge in [-0.05, 0) is 25.1 Å². The molecule has 3 aromatic rings. The van der Waals surface area contributed by atoms with Gasteiger partial charge in [0.1, 0.15) is 12.2 Å². The lowest BCUT2D eigenvalue weighted by atomic mass is 10.1. The molecule has 0 aliphatic heterocycles. The van der Waals surface area contributed by atoms with E-state index in [9.17, 15) is 13.2 Å². The molecule has 0 bridgehead atoms. The summed E-state index contributed by atoms with van der Waals surface area (Å²) in [5.74, 6) is -0.104. The maximum Gasteiger partial charge on any atom is 0.254 e. The van der Waals surface area contributed by atoms with Gasteiger partial charge in [0.15, 0.2) is 5.82 Å². The summed E-state index contributed by atoms with van der Waals surface area (Å²) in [6, 6.07) is 9.85. The van der Waals surface area contributed by atoms with Crippen LogP contribution in [-0.4, -0.2) is 55.6 Å². The molecule has 32 heavy (non-hydrogen) atoms. The first kappa shape index (κ1) is 23.0. The number of benzene rings is 1. The molecule has 0 saturated carbocycles. The van der Waals surface area contributed by atoms with Crippen LogP contribution in [0.2, 0.25) is 0 Å². The van der Waals surface area contributed by atoms with Crippen molar-refractivity contribution in [1.82, 2.24) is 15.2 Å². The SMILES string of the molecule is CCS(=O)(=O)Nc1ccc(-c2[nH]nc(Nc3ccnc(OCCOC)c3)c2C(N)=O)cc1. The number of ether oxygens (including phenoxy) is 2. The van der Waals surface area contributed by atoms with Crippen molar-refractivity contribution in [3.05, 3.63) is 48.2 Å². The van der Waals surface area contributed by atoms with Gasteiger partial charge in [0.05, 0.1) is 18.1 Å². The number of aromatic nitrogens is 3. The summed E-state index contributed by atoms with van der Waals surface area (Å²) in [5.41, 5.74) is 7.78. The number of carbonyl (C=O) groups excluding carboxylic acids is 1. The number of methoxy groups -OCH3 is 1. The molecule has 0 aliphatic rings. The molecule has 1 amide bonds. The Morgan fingerprint density at radius 2 is 1.91 bits per heavy atom. The van der Waals surface area contributed by atoms with E-state index in [1.165, 1.54) is 0 Å². The van der Waals surface area contributed by atoms with Gasteiger partial charge in [-0.25, -0.2) is 13.4 Å². The number of anilines is 3. The van der Waals surface area contributed by atoms with Crippen molar-refractivity contribution in [1.29, 1.82) is 0 Å². The number of H-pyrrole nitrogens is 1. The second-order valence-electron chi connectivity index (χ2n) is 6.62. The first-order chi connectivity index (χ1) is 15.3. The highest BCUT2D eigenvalue weighted by atomic mass is 32.2. The Balaban J connectivity index is 1.83. The fourth-order valence-electron chi connectivity index (χ4n) is 2.77. The van der Waals surface area contributed by atoms with E-state index in [4.69, 9.17) is 15.2 Å². The van der Waals surface area contributed by atoms with Crippen molar-refractivity contribution in [3.8, 4) is 17.1 Å². The minimum atomic E-state index is -3.39. The molecule has 0 saturated heterocycles. The number of nitrogens with one attached hydrogen (secondary N) is 3. The number of amides is 1. The summed E-state index contributed by atoms with van der Waals surface area (Å²) in [4.78, 5) is 16.3. The van der Waals surface area contributed by atoms with Gasteiger partial charge in [-0.15, -0.1) is 0 Å². The molecule has 0 atom stereocenters. The molecule has 0 spiro atoms. The van der Waals surface area contributed by atoms with Crippen molar-refractivity contribution in [2.24, 2.45) is 5.73 Å². The molecule has 170 valence electrons. The monoisotopic (exact) mass is 460 g/mol. The van der Waals surface area contributed by atoms with E-state index < -0.39 is 15.9 Å². The second kappa shape index (κ2) is 10.1. The van der Waals surface area contributed by atoms with Gasteiger partial charge in [0.2, 0.25) is 15.9 Å². The molecule has 0 radical (unpaired) electrons. The maximum absolute atomic E-state index is 12.2. The van der Waals surface area contributed by atoms with Crippen LogP contribution in [0.3, 0.4) is 0 Å². The van der Waals surface area contributed by atoms with Crippen molar-refractivity contribution >= 4 is 33.1 Å². The van der Waals surface area contributed by atoms with Crippen molar-refractivity contribution < 1.29 is 22.7 Å². The van der Waals surface area contributed by atoms with Crippen molar-refractivity contribution in [3.63, 3.8) is 0 Å². The highest BCUT2D eigenvalue weighted by molar-refractivity contribution is 7.92. The van der Waals surface area contributed by atoms with Crippen LogP contribution >= 0.6 is 0 Å². The van der Waals surface area contributed by atoms with Crippen molar-refractivity contribution in [2.45, 2.75) is 6.92 Å². The molecule has 0 unspecified atom stereocenters. The molecule has 12 heteroatoms. The van der Waals surface area contributed by atoms with E-state index in [2.05, 4.69) is 25.2 Å². The van der Waals surface area contributed by atoms with Crippen LogP contribution in [0.4, 0.5) is 17.2 Å². The number of aromatic amines is 1. The zero-order valence-corrected chi connectivity index (χ0v) is 18.4. The summed E-state index contributed by atoms with van der Waals surface area (Å²) < 4.78 is 36.3. The highest BCUT2D eigenvalue weighted by Crippen LogP contribution is 2.30. The van der Waals surface area contributed by atoms with Gasteiger partial charge in [-0.3, -0.25) is 14.6 Å². The van der Waals surface area contributed by atoms with Crippen LogP contribution in [0.1, 0.15) is 17.3 Å². The minimum absolute atomic E-state index is 0.0374. The minimum Gasteiger partial charge on any atom is -0.475 e. The van der Waals surface area contributed by atoms with Gasteiger partial charge in [0, 0.05) is 36.3 Å². The van der Waals surface area contributed by atoms with Gasteiger partial charge in [-0.1, -0.05) is 12.1 Å². The van der Waals surface area contributed by atoms with Crippen LogP contribution in [0.5, 0.6) is 5.88 Å². The van der Waals surface area contributed by atoms with Crippen LogP contribution in [-0.2, 0) is 14.8 Å². The third kappa shape index (κ3) is 5.74. The number of pyridine rings is 1. The predicted molar refractivity (Wildman–Crippen MR) is 121 cm³/mol. The van der Waals surface area contributed by atoms with Gasteiger partial charge < -0.3 is 20.5 Å². The molecular formula is C20H24N6O5S. The molecule has 1 aromatic carbocycles. The Bertz CT molecular complexity index is 1180. The number of hydrogen-bond donors (Lipinski definition) is 4. The largest absolute Gasteiger partial charge is 0.475 e. The quantitative estimate of drug-likeness (QED) is 0.316. The van der Waals surface area contributed by atoms with Gasteiger partial charge in [0.25, 0.3) is 5.91 Å². The standard InChI is InChI=1S/C20H24N6O5S/c1-3-32(28,29)26-14-6-4-13(5-7-14)18-17(19(21)27)20(25-24-18)23-15-8-9-22-16(12-15)31-11-10-30-2/h4-9,12,26H,3,10-11H2,1-2H3,(H2,21,27)(H2,22,23,24,25). The number of carbonyl (C=O) groups is 1. The van der Waals surface area contributed by atoms with Gasteiger partial charge >= 0.3 is 0 Å². The third-order valence-corrected chi connectivity index (χ3v) is 5.68. The topological polar surface area (TPSA) is 161 Å². The normalized spacial score (nSPS) is 11.2. The maximum atomic E-state index is 12.2. The summed E-state index contributed by atoms with van der Waals surface area (Å²) in [6.45, 7) is 2.31. The third-order valence-electron chi connectivity index (χ3n) is 4.37. The summed E-state index contributed by atoms with van der Waals surface area (Å²) in [7, 11) is -1.81. The Kier molecular flexibility index (Phi) is 7.28. The van der Waals surface area contributed by atoms with E-state index in [0.29, 0.717) is 41.7 Å². The zero-order valence-electron chi connectivity index (χ0n) is 17.6. The number of nitrogens with two attached hydrogens (primary N) is 1. The lowest BCUT2D eigenvalue weighted by Crippen LogP contribution is -2.14. The molecule has 0 aliphatic carbocycles. The van der Waals surface area contributed by atoms with E-state index in [1.54, 1.807) is 56.6 Å². The lowest BCUT2D eigenvalue weighted by molar-refractivity contribution is 0.100. The molecule has 11 nitrogen and oxygen atoms in total. The predicted octanol–water partition coefficient (Wildman–Crippen LogP) is 2.10. The second-order valence-corrected chi connectivity index (χ2v) is 8.63. The Labute approximate surface area is 185 Å². The van der Waals surface area contributed by atoms with E-state index in [1.807, 2.05) is 0 Å². The van der Waals surface area contributed by atoms with Crippen LogP contribution in [0.15, 0.2) is 42.6 Å². The fourth-order valence-corrected chi connectivity index (χ4v) is 3.41. The highest BCUT2D eigenvalue weighted by Gasteiger charge is 2.20. The first-order valence-corrected chi connectivity index (χ1v) is 11.3. The first-order valence-electron chi connectivity index (χ1n) is 9.67. The van der Waals surface area contributed by atoms with E-state index in [0.717, 1.165) is 0 Å². The van der Waals surface area contributed by atoms with E-state index in [-0.39, 0.29) is 17.1 Å². The summed E-state index contributed by atoms with van der Waals surface area (Å²) in [6.07, 6.45) is 1.55. The average molecular weight is 461 g/mol. The Hall–Kier alpha value is -3.64. The molecule has 2 aromatic heterocycles. The van der Waals surface area contributed by atoms with E-state index >= 15 is 0 Å². The number of primary amides is 1. The number of hydrogen-bond acceptors (Lipinski definition) is 8. The smallest absolute Gasteiger partial charge is 0.254 e. The van der Waals surface area contributed by atoms with Crippen LogP contribution in [0.25, 0.3) is 11.3 Å². The summed E-state index contributed by atoms with van der Waals surface area (Å²) >= 11 is 0. The molecule has 3 rings (SSSR count). The molecule has 5 N–H and O–H groups in total.